The summed E-state index contributed by atoms with van der Waals surface area (Å²) >= 11 is 1.78. The van der Waals surface area contributed by atoms with Gasteiger partial charge in [0.15, 0.2) is 0 Å². The van der Waals surface area contributed by atoms with Crippen molar-refractivity contribution < 1.29 is 0 Å². The predicted octanol–water partition coefficient (Wildman–Crippen LogP) is 3.56. The summed E-state index contributed by atoms with van der Waals surface area (Å²) in [6.07, 6.45) is 5.83. The second-order valence-electron chi connectivity index (χ2n) is 4.78. The standard InChI is InChI=1S/C14H19NS/c1-14(9-10-16-13(15)11-14)8-7-12-5-3-2-4-6-12/h2-6,11H,7-10,15H2,1H3. The van der Waals surface area contributed by atoms with Gasteiger partial charge in [0.25, 0.3) is 0 Å². The topological polar surface area (TPSA) is 26.0 Å². The molecule has 16 heavy (non-hydrogen) atoms. The number of allylic oxidation sites excluding steroid dienone is 1. The summed E-state index contributed by atoms with van der Waals surface area (Å²) in [5.41, 5.74) is 7.63. The molecule has 0 bridgehead atoms. The van der Waals surface area contributed by atoms with Crippen molar-refractivity contribution in [2.45, 2.75) is 26.2 Å². The van der Waals surface area contributed by atoms with Crippen molar-refractivity contribution in [1.29, 1.82) is 0 Å². The van der Waals surface area contributed by atoms with Crippen LogP contribution in [0.4, 0.5) is 0 Å². The SMILES string of the molecule is CC1(CCc2ccccc2)C=C(N)SCC1. The smallest absolute Gasteiger partial charge is 0.0620 e. The highest BCUT2D eigenvalue weighted by Crippen LogP contribution is 2.37. The Morgan fingerprint density at radius 2 is 2.06 bits per heavy atom. The van der Waals surface area contributed by atoms with Gasteiger partial charge in [-0.2, -0.15) is 0 Å². The number of hydrogen-bond acceptors (Lipinski definition) is 2. The maximum Gasteiger partial charge on any atom is 0.0620 e. The molecule has 0 saturated heterocycles. The fraction of sp³-hybridized carbons (Fsp3) is 0.429. The molecule has 0 fully saturated rings. The van der Waals surface area contributed by atoms with Gasteiger partial charge in [-0.25, -0.2) is 0 Å². The normalized spacial score (nSPS) is 25.2. The summed E-state index contributed by atoms with van der Waals surface area (Å²) in [5, 5.41) is 1.00. The fourth-order valence-electron chi connectivity index (χ4n) is 2.13. The van der Waals surface area contributed by atoms with Gasteiger partial charge >= 0.3 is 0 Å². The Balaban J connectivity index is 1.97. The Bertz CT molecular complexity index is 372. The van der Waals surface area contributed by atoms with Crippen LogP contribution in [0.5, 0.6) is 0 Å². The van der Waals surface area contributed by atoms with E-state index in [-0.39, 0.29) is 0 Å². The molecule has 2 heteroatoms. The van der Waals surface area contributed by atoms with Gasteiger partial charge in [0.2, 0.25) is 0 Å². The van der Waals surface area contributed by atoms with E-state index in [1.54, 1.807) is 11.8 Å². The zero-order chi connectivity index (χ0) is 11.4. The molecule has 1 aromatic carbocycles. The number of benzene rings is 1. The van der Waals surface area contributed by atoms with Gasteiger partial charge in [-0.15, -0.1) is 11.8 Å². The third-order valence-corrected chi connectivity index (χ3v) is 4.12. The molecule has 2 N–H and O–H groups in total. The number of hydrogen-bond donors (Lipinski definition) is 1. The van der Waals surface area contributed by atoms with Crippen LogP contribution in [0.1, 0.15) is 25.3 Å². The predicted molar refractivity (Wildman–Crippen MR) is 72.2 cm³/mol. The minimum absolute atomic E-state index is 0.297. The van der Waals surface area contributed by atoms with Crippen LogP contribution in [-0.2, 0) is 6.42 Å². The van der Waals surface area contributed by atoms with Crippen LogP contribution in [-0.4, -0.2) is 5.75 Å². The first-order chi connectivity index (χ1) is 7.68. The van der Waals surface area contributed by atoms with E-state index in [1.165, 1.54) is 18.4 Å². The first-order valence-corrected chi connectivity index (χ1v) is 6.82. The van der Waals surface area contributed by atoms with Gasteiger partial charge < -0.3 is 5.73 Å². The van der Waals surface area contributed by atoms with E-state index in [0.717, 1.165) is 17.2 Å². The summed E-state index contributed by atoms with van der Waals surface area (Å²) in [5.74, 6) is 1.16. The monoisotopic (exact) mass is 233 g/mol. The maximum absolute atomic E-state index is 5.90. The zero-order valence-corrected chi connectivity index (χ0v) is 10.6. The van der Waals surface area contributed by atoms with Crippen LogP contribution in [0.3, 0.4) is 0 Å². The van der Waals surface area contributed by atoms with E-state index < -0.39 is 0 Å². The molecule has 1 atom stereocenters. The minimum atomic E-state index is 0.297. The first kappa shape index (κ1) is 11.6. The highest BCUT2D eigenvalue weighted by Gasteiger charge is 2.25. The van der Waals surface area contributed by atoms with E-state index >= 15 is 0 Å². The molecule has 1 aromatic rings. The second-order valence-corrected chi connectivity index (χ2v) is 5.95. The van der Waals surface area contributed by atoms with E-state index in [1.807, 2.05) is 0 Å². The molecule has 0 spiro atoms. The summed E-state index contributed by atoms with van der Waals surface area (Å²) in [6.45, 7) is 2.32. The number of aryl methyl sites for hydroxylation is 1. The molecule has 1 aliphatic rings. The third kappa shape index (κ3) is 3.05. The summed E-state index contributed by atoms with van der Waals surface area (Å²) in [7, 11) is 0. The minimum Gasteiger partial charge on any atom is -0.394 e. The van der Waals surface area contributed by atoms with Crippen LogP contribution in [0.2, 0.25) is 0 Å². The van der Waals surface area contributed by atoms with E-state index in [2.05, 4.69) is 43.3 Å². The molecule has 1 unspecified atom stereocenters. The Kier molecular flexibility index (Phi) is 3.59. The summed E-state index contributed by atoms with van der Waals surface area (Å²) in [4.78, 5) is 0. The quantitative estimate of drug-likeness (QED) is 0.864. The highest BCUT2D eigenvalue weighted by atomic mass is 32.2. The average molecular weight is 233 g/mol. The van der Waals surface area contributed by atoms with Crippen LogP contribution >= 0.6 is 11.8 Å². The maximum atomic E-state index is 5.90. The molecule has 0 amide bonds. The lowest BCUT2D eigenvalue weighted by atomic mass is 9.81. The Labute approximate surface area is 102 Å². The second kappa shape index (κ2) is 4.96. The lowest BCUT2D eigenvalue weighted by Gasteiger charge is -2.30. The number of rotatable bonds is 3. The molecular formula is C14H19NS. The van der Waals surface area contributed by atoms with Crippen LogP contribution < -0.4 is 5.73 Å². The molecular weight excluding hydrogens is 214 g/mol. The van der Waals surface area contributed by atoms with Crippen LogP contribution in [0.15, 0.2) is 41.4 Å². The third-order valence-electron chi connectivity index (χ3n) is 3.26. The van der Waals surface area contributed by atoms with E-state index in [9.17, 15) is 0 Å². The lowest BCUT2D eigenvalue weighted by Crippen LogP contribution is -2.21. The van der Waals surface area contributed by atoms with Crippen molar-refractivity contribution in [3.63, 3.8) is 0 Å². The molecule has 2 rings (SSSR count). The van der Waals surface area contributed by atoms with Gasteiger partial charge in [0.05, 0.1) is 5.03 Å². The Morgan fingerprint density at radius 1 is 1.31 bits per heavy atom. The van der Waals surface area contributed by atoms with E-state index in [4.69, 9.17) is 5.73 Å². The van der Waals surface area contributed by atoms with Crippen molar-refractivity contribution in [1.82, 2.24) is 0 Å². The molecule has 1 heterocycles. The molecule has 0 aliphatic carbocycles. The molecule has 1 nitrogen and oxygen atoms in total. The zero-order valence-electron chi connectivity index (χ0n) is 9.78. The number of nitrogens with two attached hydrogens (primary N) is 1. The fourth-order valence-corrected chi connectivity index (χ4v) is 3.30. The highest BCUT2D eigenvalue weighted by molar-refractivity contribution is 8.03. The Hall–Kier alpha value is -0.890. The van der Waals surface area contributed by atoms with Crippen molar-refractivity contribution in [2.75, 3.05) is 5.75 Å². The van der Waals surface area contributed by atoms with Crippen LogP contribution in [0, 0.1) is 5.41 Å². The lowest BCUT2D eigenvalue weighted by molar-refractivity contribution is 0.376. The van der Waals surface area contributed by atoms with Crippen molar-refractivity contribution >= 4 is 11.8 Å². The van der Waals surface area contributed by atoms with Gasteiger partial charge in [-0.1, -0.05) is 37.3 Å². The van der Waals surface area contributed by atoms with Crippen LogP contribution in [0.25, 0.3) is 0 Å². The first-order valence-electron chi connectivity index (χ1n) is 5.83. The number of thioether (sulfide) groups is 1. The van der Waals surface area contributed by atoms with Gasteiger partial charge in [-0.3, -0.25) is 0 Å². The molecule has 0 aromatic heterocycles. The summed E-state index contributed by atoms with van der Waals surface area (Å²) < 4.78 is 0. The van der Waals surface area contributed by atoms with Crippen molar-refractivity contribution in [3.05, 3.63) is 47.0 Å². The van der Waals surface area contributed by atoms with Gasteiger partial charge in [0, 0.05) is 5.75 Å². The van der Waals surface area contributed by atoms with Crippen molar-refractivity contribution in [3.8, 4) is 0 Å². The molecule has 86 valence electrons. The molecule has 0 radical (unpaired) electrons. The van der Waals surface area contributed by atoms with Crippen molar-refractivity contribution in [2.24, 2.45) is 11.1 Å². The van der Waals surface area contributed by atoms with Gasteiger partial charge in [-0.05, 0) is 36.3 Å². The largest absolute Gasteiger partial charge is 0.394 e. The Morgan fingerprint density at radius 3 is 2.75 bits per heavy atom. The summed E-state index contributed by atoms with van der Waals surface area (Å²) in [6, 6.07) is 10.7. The molecule has 0 saturated carbocycles. The van der Waals surface area contributed by atoms with E-state index in [0.29, 0.717) is 5.41 Å². The average Bonchev–Trinajstić information content (AvgIpc) is 2.28. The van der Waals surface area contributed by atoms with Gasteiger partial charge in [0.1, 0.15) is 0 Å². The molecule has 1 aliphatic heterocycles.